The van der Waals surface area contributed by atoms with Crippen LogP contribution >= 0.6 is 15.9 Å². The quantitative estimate of drug-likeness (QED) is 0.867. The summed E-state index contributed by atoms with van der Waals surface area (Å²) in [6.07, 6.45) is 0. The van der Waals surface area contributed by atoms with Gasteiger partial charge in [-0.25, -0.2) is 0 Å². The lowest BCUT2D eigenvalue weighted by Crippen LogP contribution is -1.93. The number of benzene rings is 2. The van der Waals surface area contributed by atoms with Crippen LogP contribution in [-0.2, 0) is 0 Å². The summed E-state index contributed by atoms with van der Waals surface area (Å²) in [5.41, 5.74) is 7.51. The molecule has 0 amide bonds. The first-order chi connectivity index (χ1) is 8.60. The second-order valence-corrected chi connectivity index (χ2v) is 4.79. The molecule has 2 aromatic rings. The Bertz CT molecular complexity index is 570. The normalized spacial score (nSPS) is 10.2. The van der Waals surface area contributed by atoms with Gasteiger partial charge >= 0.3 is 0 Å². The van der Waals surface area contributed by atoms with Gasteiger partial charge in [0.05, 0.1) is 17.3 Å². The van der Waals surface area contributed by atoms with E-state index in [4.69, 9.17) is 15.2 Å². The van der Waals surface area contributed by atoms with E-state index in [1.807, 2.05) is 31.2 Å². The fraction of sp³-hybridized carbons (Fsp3) is 0.143. The lowest BCUT2D eigenvalue weighted by atomic mass is 10.2. The van der Waals surface area contributed by atoms with Crippen LogP contribution < -0.4 is 15.2 Å². The third kappa shape index (κ3) is 2.76. The predicted molar refractivity (Wildman–Crippen MR) is 76.4 cm³/mol. The van der Waals surface area contributed by atoms with Crippen LogP contribution in [0.5, 0.6) is 17.2 Å². The highest BCUT2D eigenvalue weighted by atomic mass is 79.9. The summed E-state index contributed by atoms with van der Waals surface area (Å²) in [5.74, 6) is 2.05. The summed E-state index contributed by atoms with van der Waals surface area (Å²) in [7, 11) is 1.58. The van der Waals surface area contributed by atoms with Crippen molar-refractivity contribution in [1.29, 1.82) is 0 Å². The van der Waals surface area contributed by atoms with Gasteiger partial charge < -0.3 is 15.2 Å². The van der Waals surface area contributed by atoms with E-state index in [-0.39, 0.29) is 0 Å². The smallest absolute Gasteiger partial charge is 0.145 e. The maximum absolute atomic E-state index is 5.78. The molecule has 0 bridgehead atoms. The molecule has 2 aromatic carbocycles. The Hall–Kier alpha value is -1.68. The standard InChI is InChI=1S/C14H14BrNO2/c1-9-3-6-13(11(15)7-9)18-10-4-5-12(16)14(8-10)17-2/h3-8H,16H2,1-2H3. The molecule has 2 N–H and O–H groups in total. The van der Waals surface area contributed by atoms with Gasteiger partial charge in [-0.05, 0) is 52.7 Å². The zero-order chi connectivity index (χ0) is 13.1. The number of ether oxygens (including phenoxy) is 2. The van der Waals surface area contributed by atoms with Crippen LogP contribution in [-0.4, -0.2) is 7.11 Å². The van der Waals surface area contributed by atoms with Crippen molar-refractivity contribution in [3.05, 3.63) is 46.4 Å². The van der Waals surface area contributed by atoms with Crippen LogP contribution in [0.1, 0.15) is 5.56 Å². The Balaban J connectivity index is 2.28. The number of halogens is 1. The fourth-order valence-corrected chi connectivity index (χ4v) is 2.14. The van der Waals surface area contributed by atoms with Gasteiger partial charge in [-0.1, -0.05) is 6.07 Å². The Labute approximate surface area is 115 Å². The van der Waals surface area contributed by atoms with Gasteiger partial charge in [0.25, 0.3) is 0 Å². The number of nitrogens with two attached hydrogens (primary N) is 1. The summed E-state index contributed by atoms with van der Waals surface area (Å²) < 4.78 is 11.9. The van der Waals surface area contributed by atoms with Gasteiger partial charge in [-0.15, -0.1) is 0 Å². The van der Waals surface area contributed by atoms with Crippen molar-refractivity contribution >= 4 is 21.6 Å². The second-order valence-electron chi connectivity index (χ2n) is 3.94. The molecule has 4 heteroatoms. The average Bonchev–Trinajstić information content (AvgIpc) is 2.35. The van der Waals surface area contributed by atoms with Crippen molar-refractivity contribution < 1.29 is 9.47 Å². The maximum Gasteiger partial charge on any atom is 0.145 e. The molecule has 0 aromatic heterocycles. The van der Waals surface area contributed by atoms with Crippen molar-refractivity contribution in [2.24, 2.45) is 0 Å². The Morgan fingerprint density at radius 2 is 1.83 bits per heavy atom. The minimum absolute atomic E-state index is 0.591. The number of anilines is 1. The molecule has 0 aliphatic heterocycles. The maximum atomic E-state index is 5.78. The van der Waals surface area contributed by atoms with Crippen LogP contribution in [0.2, 0.25) is 0 Å². The molecular formula is C14H14BrNO2. The zero-order valence-electron chi connectivity index (χ0n) is 10.2. The Morgan fingerprint density at radius 3 is 2.50 bits per heavy atom. The van der Waals surface area contributed by atoms with E-state index in [1.165, 1.54) is 5.56 Å². The molecule has 0 heterocycles. The van der Waals surface area contributed by atoms with Gasteiger partial charge in [0.2, 0.25) is 0 Å². The number of hydrogen-bond acceptors (Lipinski definition) is 3. The van der Waals surface area contributed by atoms with E-state index < -0.39 is 0 Å². The third-order valence-corrected chi connectivity index (χ3v) is 3.14. The van der Waals surface area contributed by atoms with Crippen molar-refractivity contribution in [1.82, 2.24) is 0 Å². The van der Waals surface area contributed by atoms with Crippen molar-refractivity contribution in [2.45, 2.75) is 6.92 Å². The largest absolute Gasteiger partial charge is 0.494 e. The summed E-state index contributed by atoms with van der Waals surface area (Å²) in [6.45, 7) is 2.03. The summed E-state index contributed by atoms with van der Waals surface area (Å²) in [6, 6.07) is 11.3. The SMILES string of the molecule is COc1cc(Oc2ccc(C)cc2Br)ccc1N. The van der Waals surface area contributed by atoms with E-state index in [0.29, 0.717) is 17.2 Å². The Morgan fingerprint density at radius 1 is 1.06 bits per heavy atom. The molecule has 0 fully saturated rings. The highest BCUT2D eigenvalue weighted by Crippen LogP contribution is 2.33. The van der Waals surface area contributed by atoms with E-state index >= 15 is 0 Å². The first-order valence-corrected chi connectivity index (χ1v) is 6.27. The molecule has 0 radical (unpaired) electrons. The molecule has 0 aliphatic carbocycles. The molecular weight excluding hydrogens is 294 g/mol. The van der Waals surface area contributed by atoms with Crippen LogP contribution in [0.15, 0.2) is 40.9 Å². The van der Waals surface area contributed by atoms with E-state index in [9.17, 15) is 0 Å². The highest BCUT2D eigenvalue weighted by molar-refractivity contribution is 9.10. The van der Waals surface area contributed by atoms with Crippen molar-refractivity contribution in [3.8, 4) is 17.2 Å². The van der Waals surface area contributed by atoms with Gasteiger partial charge in [0, 0.05) is 6.07 Å². The van der Waals surface area contributed by atoms with Gasteiger partial charge in [-0.2, -0.15) is 0 Å². The van der Waals surface area contributed by atoms with E-state index in [1.54, 1.807) is 19.2 Å². The number of rotatable bonds is 3. The molecule has 2 rings (SSSR count). The fourth-order valence-electron chi connectivity index (χ4n) is 1.57. The molecule has 0 spiro atoms. The van der Waals surface area contributed by atoms with Crippen LogP contribution in [0.25, 0.3) is 0 Å². The molecule has 0 unspecified atom stereocenters. The third-order valence-electron chi connectivity index (χ3n) is 2.52. The van der Waals surface area contributed by atoms with Crippen molar-refractivity contribution in [2.75, 3.05) is 12.8 Å². The number of nitrogen functional groups attached to an aromatic ring is 1. The molecule has 0 saturated heterocycles. The molecule has 0 atom stereocenters. The van der Waals surface area contributed by atoms with Crippen LogP contribution in [0.4, 0.5) is 5.69 Å². The topological polar surface area (TPSA) is 44.5 Å². The van der Waals surface area contributed by atoms with Crippen LogP contribution in [0.3, 0.4) is 0 Å². The predicted octanol–water partition coefficient (Wildman–Crippen LogP) is 4.14. The molecule has 0 saturated carbocycles. The lowest BCUT2D eigenvalue weighted by molar-refractivity contribution is 0.411. The number of hydrogen-bond donors (Lipinski definition) is 1. The molecule has 3 nitrogen and oxygen atoms in total. The highest BCUT2D eigenvalue weighted by Gasteiger charge is 2.06. The summed E-state index contributed by atoms with van der Waals surface area (Å²) in [5, 5.41) is 0. The van der Waals surface area contributed by atoms with Gasteiger partial charge in [-0.3, -0.25) is 0 Å². The van der Waals surface area contributed by atoms with E-state index in [0.717, 1.165) is 10.2 Å². The minimum atomic E-state index is 0.591. The number of aryl methyl sites for hydroxylation is 1. The second kappa shape index (κ2) is 5.31. The Kier molecular flexibility index (Phi) is 3.77. The summed E-state index contributed by atoms with van der Waals surface area (Å²) >= 11 is 3.47. The van der Waals surface area contributed by atoms with Crippen LogP contribution in [0, 0.1) is 6.92 Å². The van der Waals surface area contributed by atoms with Gasteiger partial charge in [0.1, 0.15) is 17.2 Å². The summed E-state index contributed by atoms with van der Waals surface area (Å²) in [4.78, 5) is 0. The first-order valence-electron chi connectivity index (χ1n) is 5.47. The minimum Gasteiger partial charge on any atom is -0.494 e. The molecule has 0 aliphatic rings. The average molecular weight is 308 g/mol. The molecule has 94 valence electrons. The zero-order valence-corrected chi connectivity index (χ0v) is 11.8. The number of methoxy groups -OCH3 is 1. The lowest BCUT2D eigenvalue weighted by Gasteiger charge is -2.10. The van der Waals surface area contributed by atoms with E-state index in [2.05, 4.69) is 15.9 Å². The monoisotopic (exact) mass is 307 g/mol. The van der Waals surface area contributed by atoms with Crippen molar-refractivity contribution in [3.63, 3.8) is 0 Å². The molecule has 18 heavy (non-hydrogen) atoms. The van der Waals surface area contributed by atoms with Gasteiger partial charge in [0.15, 0.2) is 0 Å². The first kappa shape index (κ1) is 12.8.